The molecular formula is C21H20ClF3N4O2. The van der Waals surface area contributed by atoms with Gasteiger partial charge < -0.3 is 14.7 Å². The predicted octanol–water partition coefficient (Wildman–Crippen LogP) is 3.84. The average molecular weight is 453 g/mol. The molecule has 164 valence electrons. The molecule has 1 aromatic carbocycles. The lowest BCUT2D eigenvalue weighted by Gasteiger charge is -2.35. The van der Waals surface area contributed by atoms with Gasteiger partial charge in [0, 0.05) is 50.9 Å². The first-order chi connectivity index (χ1) is 14.7. The van der Waals surface area contributed by atoms with Gasteiger partial charge in [0.2, 0.25) is 5.91 Å². The smallest absolute Gasteiger partial charge is 0.353 e. The van der Waals surface area contributed by atoms with Gasteiger partial charge >= 0.3 is 6.18 Å². The first-order valence-corrected chi connectivity index (χ1v) is 10.3. The van der Waals surface area contributed by atoms with Crippen molar-refractivity contribution in [2.45, 2.75) is 19.0 Å². The number of hydrogen-bond donors (Lipinski definition) is 0. The number of piperazine rings is 1. The lowest BCUT2D eigenvalue weighted by molar-refractivity contribution is -0.137. The Bertz CT molecular complexity index is 989. The molecule has 0 N–H and O–H groups in total. The van der Waals surface area contributed by atoms with Crippen LogP contribution in [0.5, 0.6) is 0 Å². The molecule has 4 rings (SSSR count). The van der Waals surface area contributed by atoms with Crippen molar-refractivity contribution < 1.29 is 22.8 Å². The maximum Gasteiger partial charge on any atom is 0.417 e. The summed E-state index contributed by atoms with van der Waals surface area (Å²) in [6.45, 7) is 2.30. The summed E-state index contributed by atoms with van der Waals surface area (Å²) in [4.78, 5) is 34.1. The lowest BCUT2D eigenvalue weighted by Crippen LogP contribution is -2.49. The number of anilines is 2. The first-order valence-electron chi connectivity index (χ1n) is 9.91. The van der Waals surface area contributed by atoms with E-state index in [4.69, 9.17) is 11.6 Å². The number of halogens is 4. The van der Waals surface area contributed by atoms with E-state index in [1.807, 2.05) is 4.90 Å². The van der Waals surface area contributed by atoms with Gasteiger partial charge in [-0.1, -0.05) is 11.6 Å². The third kappa shape index (κ3) is 4.46. The quantitative estimate of drug-likeness (QED) is 0.710. The fourth-order valence-corrected chi connectivity index (χ4v) is 4.04. The highest BCUT2D eigenvalue weighted by molar-refractivity contribution is 6.34. The topological polar surface area (TPSA) is 56.8 Å². The molecule has 2 aliphatic heterocycles. The maximum atomic E-state index is 13.0. The molecular weight excluding hydrogens is 433 g/mol. The van der Waals surface area contributed by atoms with Crippen LogP contribution >= 0.6 is 11.6 Å². The minimum Gasteiger partial charge on any atom is -0.353 e. The fraction of sp³-hybridized carbons (Fsp3) is 0.381. The number of pyridine rings is 1. The van der Waals surface area contributed by atoms with Crippen molar-refractivity contribution in [2.75, 3.05) is 42.5 Å². The lowest BCUT2D eigenvalue weighted by atomic mass is 10.1. The SMILES string of the molecule is O=C(c1ccc(Cl)c(N2CCCC2=O)c1)N1CCN(c2ccc(C(F)(F)F)cn2)CC1. The van der Waals surface area contributed by atoms with Gasteiger partial charge in [0.25, 0.3) is 5.91 Å². The van der Waals surface area contributed by atoms with Crippen LogP contribution in [0.4, 0.5) is 24.7 Å². The molecule has 2 amide bonds. The Balaban J connectivity index is 1.42. The normalized spacial score (nSPS) is 17.4. The van der Waals surface area contributed by atoms with Crippen molar-refractivity contribution in [3.63, 3.8) is 0 Å². The largest absolute Gasteiger partial charge is 0.417 e. The molecule has 3 heterocycles. The molecule has 2 aromatic rings. The zero-order chi connectivity index (χ0) is 22.2. The minimum atomic E-state index is -4.42. The summed E-state index contributed by atoms with van der Waals surface area (Å²) in [5.74, 6) is 0.259. The third-order valence-electron chi connectivity index (χ3n) is 5.52. The van der Waals surface area contributed by atoms with E-state index in [2.05, 4.69) is 4.98 Å². The molecule has 6 nitrogen and oxygen atoms in total. The molecule has 0 radical (unpaired) electrons. The number of benzene rings is 1. The summed E-state index contributed by atoms with van der Waals surface area (Å²) >= 11 is 6.26. The van der Waals surface area contributed by atoms with Gasteiger partial charge in [0.15, 0.2) is 0 Å². The van der Waals surface area contributed by atoms with Crippen LogP contribution in [0.1, 0.15) is 28.8 Å². The van der Waals surface area contributed by atoms with Gasteiger partial charge in [0.05, 0.1) is 16.3 Å². The van der Waals surface area contributed by atoms with Crippen LogP contribution in [0.15, 0.2) is 36.5 Å². The highest BCUT2D eigenvalue weighted by Crippen LogP contribution is 2.31. The molecule has 1 aromatic heterocycles. The summed E-state index contributed by atoms with van der Waals surface area (Å²) < 4.78 is 38.1. The standard InChI is InChI=1S/C21H20ClF3N4O2/c22-16-5-3-14(12-17(16)29-7-1-2-19(29)30)20(31)28-10-8-27(9-11-28)18-6-4-15(13-26-18)21(23,24)25/h3-6,12-13H,1-2,7-11H2. The predicted molar refractivity (Wildman–Crippen MR) is 110 cm³/mol. The van der Waals surface area contributed by atoms with Crippen LogP contribution in [0, 0.1) is 0 Å². The Hall–Kier alpha value is -2.81. The van der Waals surface area contributed by atoms with E-state index < -0.39 is 11.7 Å². The third-order valence-corrected chi connectivity index (χ3v) is 5.84. The second-order valence-corrected chi connectivity index (χ2v) is 7.90. The molecule has 0 saturated carbocycles. The van der Waals surface area contributed by atoms with Crippen molar-refractivity contribution in [3.05, 3.63) is 52.7 Å². The van der Waals surface area contributed by atoms with Crippen molar-refractivity contribution in [3.8, 4) is 0 Å². The number of rotatable bonds is 3. The van der Waals surface area contributed by atoms with Crippen molar-refractivity contribution in [1.29, 1.82) is 0 Å². The molecule has 0 atom stereocenters. The van der Waals surface area contributed by atoms with Crippen LogP contribution in [0.2, 0.25) is 5.02 Å². The highest BCUT2D eigenvalue weighted by atomic mass is 35.5. The Kier molecular flexibility index (Phi) is 5.79. The van der Waals surface area contributed by atoms with Crippen LogP contribution in [0.3, 0.4) is 0 Å². The van der Waals surface area contributed by atoms with E-state index in [-0.39, 0.29) is 11.8 Å². The highest BCUT2D eigenvalue weighted by Gasteiger charge is 2.31. The van der Waals surface area contributed by atoms with E-state index >= 15 is 0 Å². The van der Waals surface area contributed by atoms with E-state index in [0.717, 1.165) is 18.7 Å². The second kappa shape index (κ2) is 8.37. The fourth-order valence-electron chi connectivity index (χ4n) is 3.82. The van der Waals surface area contributed by atoms with Gasteiger partial charge in [-0.15, -0.1) is 0 Å². The number of nitrogens with zero attached hydrogens (tertiary/aromatic N) is 4. The number of aromatic nitrogens is 1. The van der Waals surface area contributed by atoms with Crippen LogP contribution < -0.4 is 9.80 Å². The Labute approximate surface area is 182 Å². The molecule has 10 heteroatoms. The number of carbonyl (C=O) groups excluding carboxylic acids is 2. The van der Waals surface area contributed by atoms with Crippen LogP contribution in [-0.2, 0) is 11.0 Å². The molecule has 2 saturated heterocycles. The summed E-state index contributed by atoms with van der Waals surface area (Å²) in [7, 11) is 0. The van der Waals surface area contributed by atoms with Crippen molar-refractivity contribution in [2.24, 2.45) is 0 Å². The molecule has 0 aliphatic carbocycles. The van der Waals surface area contributed by atoms with Gasteiger partial charge in [-0.05, 0) is 36.8 Å². The maximum absolute atomic E-state index is 13.0. The van der Waals surface area contributed by atoms with Crippen molar-refractivity contribution >= 4 is 34.9 Å². The van der Waals surface area contributed by atoms with Crippen LogP contribution in [0.25, 0.3) is 0 Å². The molecule has 31 heavy (non-hydrogen) atoms. The monoisotopic (exact) mass is 452 g/mol. The Morgan fingerprint density at radius 1 is 1.03 bits per heavy atom. The first kappa shape index (κ1) is 21.4. The zero-order valence-corrected chi connectivity index (χ0v) is 17.3. The van der Waals surface area contributed by atoms with Gasteiger partial charge in [-0.3, -0.25) is 9.59 Å². The Morgan fingerprint density at radius 3 is 2.35 bits per heavy atom. The summed E-state index contributed by atoms with van der Waals surface area (Å²) in [5, 5.41) is 0.421. The van der Waals surface area contributed by atoms with E-state index in [9.17, 15) is 22.8 Å². The van der Waals surface area contributed by atoms with E-state index in [1.165, 1.54) is 6.07 Å². The second-order valence-electron chi connectivity index (χ2n) is 7.50. The molecule has 0 unspecified atom stereocenters. The molecule has 2 aliphatic rings. The van der Waals surface area contributed by atoms with Crippen molar-refractivity contribution in [1.82, 2.24) is 9.88 Å². The number of hydrogen-bond acceptors (Lipinski definition) is 4. The Morgan fingerprint density at radius 2 is 1.77 bits per heavy atom. The molecule has 0 bridgehead atoms. The zero-order valence-electron chi connectivity index (χ0n) is 16.5. The van der Waals surface area contributed by atoms with Gasteiger partial charge in [-0.2, -0.15) is 13.2 Å². The van der Waals surface area contributed by atoms with Gasteiger partial charge in [-0.25, -0.2) is 4.98 Å². The number of amides is 2. The molecule has 0 spiro atoms. The molecule has 2 fully saturated rings. The summed E-state index contributed by atoms with van der Waals surface area (Å²) in [6, 6.07) is 7.27. The number of carbonyl (C=O) groups is 2. The van der Waals surface area contributed by atoms with Crippen LogP contribution in [-0.4, -0.2) is 54.4 Å². The van der Waals surface area contributed by atoms with E-state index in [0.29, 0.717) is 61.2 Å². The summed E-state index contributed by atoms with van der Waals surface area (Å²) in [6.07, 6.45) is -2.38. The van der Waals surface area contributed by atoms with E-state index in [1.54, 1.807) is 28.0 Å². The number of alkyl halides is 3. The minimum absolute atomic E-state index is 0.0100. The van der Waals surface area contributed by atoms with Gasteiger partial charge in [0.1, 0.15) is 5.82 Å². The summed E-state index contributed by atoms with van der Waals surface area (Å²) in [5.41, 5.74) is 0.197. The average Bonchev–Trinajstić information content (AvgIpc) is 3.19.